The molecule has 234 valence electrons. The molecule has 6 aliphatic carbocycles. The largest absolute Gasteiger partial charge is 0.413 e. The van der Waals surface area contributed by atoms with Crippen molar-refractivity contribution >= 4 is 0 Å². The van der Waals surface area contributed by atoms with Crippen molar-refractivity contribution in [3.63, 3.8) is 0 Å². The lowest BCUT2D eigenvalue weighted by molar-refractivity contribution is -0.122. The van der Waals surface area contributed by atoms with Crippen molar-refractivity contribution in [3.8, 4) is 24.7 Å². The first kappa shape index (κ1) is 30.1. The molecule has 4 bridgehead atoms. The van der Waals surface area contributed by atoms with E-state index < -0.39 is 104 Å². The molecule has 0 N–H and O–H groups in total. The average molecular weight is 650 g/mol. The Kier molecular flexibility index (Phi) is 5.90. The molecule has 0 fully saturated rings. The van der Waals surface area contributed by atoms with Crippen molar-refractivity contribution in [2.75, 3.05) is 0 Å². The van der Waals surface area contributed by atoms with E-state index in [4.69, 9.17) is 12.8 Å². The van der Waals surface area contributed by atoms with Gasteiger partial charge < -0.3 is 0 Å². The van der Waals surface area contributed by atoms with E-state index in [9.17, 15) is 52.7 Å². The number of halogens is 12. The van der Waals surface area contributed by atoms with Crippen LogP contribution < -0.4 is 0 Å². The molecular weight excluding hydrogens is 636 g/mol. The van der Waals surface area contributed by atoms with Crippen LogP contribution in [0.25, 0.3) is 0 Å². The van der Waals surface area contributed by atoms with E-state index in [0.29, 0.717) is 0 Å². The summed E-state index contributed by atoms with van der Waals surface area (Å²) < 4.78 is 177. The minimum absolute atomic E-state index is 0.219. The zero-order valence-corrected chi connectivity index (χ0v) is 22.6. The molecule has 4 atom stereocenters. The number of allylic oxidation sites excluding steroid dienone is 4. The molecule has 0 heterocycles. The highest BCUT2D eigenvalue weighted by molar-refractivity contribution is 5.81. The first-order chi connectivity index (χ1) is 21.4. The van der Waals surface area contributed by atoms with Gasteiger partial charge in [-0.05, 0) is 44.5 Å². The molecule has 0 spiro atoms. The normalized spacial score (nSPS) is 23.0. The summed E-state index contributed by atoms with van der Waals surface area (Å²) in [5.74, 6) is -4.87. The van der Waals surface area contributed by atoms with Crippen LogP contribution in [0, 0.1) is 24.7 Å². The van der Waals surface area contributed by atoms with E-state index in [-0.39, 0.29) is 22.3 Å². The molecule has 0 aromatic heterocycles. The van der Waals surface area contributed by atoms with Gasteiger partial charge in [0, 0.05) is 34.8 Å². The number of alkyl halides is 12. The van der Waals surface area contributed by atoms with Gasteiger partial charge in [0.2, 0.25) is 0 Å². The summed E-state index contributed by atoms with van der Waals surface area (Å²) in [6.07, 6.45) is -10.8. The van der Waals surface area contributed by atoms with Crippen LogP contribution in [0.1, 0.15) is 79.3 Å². The van der Waals surface area contributed by atoms with Gasteiger partial charge in [-0.25, -0.2) is 0 Å². The molecule has 3 aromatic carbocycles. The highest BCUT2D eigenvalue weighted by Crippen LogP contribution is 2.68. The van der Waals surface area contributed by atoms with Crippen LogP contribution in [0.2, 0.25) is 0 Å². The third-order valence-electron chi connectivity index (χ3n) is 9.29. The Labute approximate surface area is 252 Å². The Balaban J connectivity index is 1.72. The second kappa shape index (κ2) is 9.03. The van der Waals surface area contributed by atoms with Gasteiger partial charge in [-0.15, -0.1) is 12.8 Å². The average Bonchev–Trinajstić information content (AvgIpc) is 2.97. The molecule has 9 rings (SSSR count). The number of rotatable bonds is 0. The fourth-order valence-electron chi connectivity index (χ4n) is 8.12. The topological polar surface area (TPSA) is 0 Å². The minimum Gasteiger partial charge on any atom is -0.166 e. The second-order valence-electron chi connectivity index (χ2n) is 11.3. The van der Waals surface area contributed by atoms with Crippen LogP contribution in [-0.2, 0) is 0 Å². The highest BCUT2D eigenvalue weighted by Gasteiger charge is 2.63. The number of terminal acetylenes is 2. The smallest absolute Gasteiger partial charge is 0.166 e. The zero-order chi connectivity index (χ0) is 33.5. The van der Waals surface area contributed by atoms with Gasteiger partial charge in [-0.1, -0.05) is 60.4 Å². The van der Waals surface area contributed by atoms with Gasteiger partial charge in [0.25, 0.3) is 0 Å². The minimum atomic E-state index is -5.59. The summed E-state index contributed by atoms with van der Waals surface area (Å²) in [6, 6.07) is 9.79. The summed E-state index contributed by atoms with van der Waals surface area (Å²) in [5, 5.41) is 0. The molecule has 3 aromatic rings. The molecule has 12 heteroatoms. The van der Waals surface area contributed by atoms with Crippen LogP contribution in [0.5, 0.6) is 0 Å². The van der Waals surface area contributed by atoms with Crippen LogP contribution >= 0.6 is 0 Å². The summed E-state index contributed by atoms with van der Waals surface area (Å²) in [7, 11) is 0. The van der Waals surface area contributed by atoms with Gasteiger partial charge in [0.1, 0.15) is 0 Å². The highest BCUT2D eigenvalue weighted by atomic mass is 19.4. The van der Waals surface area contributed by atoms with Crippen molar-refractivity contribution in [2.45, 2.75) is 48.4 Å². The van der Waals surface area contributed by atoms with Crippen molar-refractivity contribution in [1.29, 1.82) is 0 Å². The van der Waals surface area contributed by atoms with Gasteiger partial charge in [-0.3, -0.25) is 0 Å². The Morgan fingerprint density at radius 1 is 0.391 bits per heavy atom. The lowest BCUT2D eigenvalue weighted by atomic mass is 9.53. The molecule has 0 saturated carbocycles. The molecule has 0 saturated heterocycles. The number of hydrogen-bond acceptors (Lipinski definition) is 0. The van der Waals surface area contributed by atoms with Gasteiger partial charge >= 0.3 is 24.7 Å². The van der Waals surface area contributed by atoms with E-state index in [0.717, 1.165) is 24.3 Å². The lowest BCUT2D eigenvalue weighted by Gasteiger charge is -2.50. The molecule has 0 nitrogen and oxygen atoms in total. The van der Waals surface area contributed by atoms with Gasteiger partial charge in [0.05, 0.1) is 22.3 Å². The van der Waals surface area contributed by atoms with E-state index in [1.807, 2.05) is 0 Å². The third-order valence-corrected chi connectivity index (χ3v) is 9.29. The Bertz CT molecular complexity index is 1760. The summed E-state index contributed by atoms with van der Waals surface area (Å²) in [6.45, 7) is 0. The summed E-state index contributed by atoms with van der Waals surface area (Å²) in [5.41, 5.74) is -12.4. The molecular formula is C34H14F12. The Morgan fingerprint density at radius 2 is 0.587 bits per heavy atom. The first-order valence-electron chi connectivity index (χ1n) is 13.5. The number of hydrogen-bond donors (Lipinski definition) is 0. The van der Waals surface area contributed by atoms with Gasteiger partial charge in [0.15, 0.2) is 0 Å². The van der Waals surface area contributed by atoms with Gasteiger partial charge in [-0.2, -0.15) is 52.7 Å². The second-order valence-corrected chi connectivity index (χ2v) is 11.3. The van der Waals surface area contributed by atoms with E-state index in [2.05, 4.69) is 11.8 Å². The van der Waals surface area contributed by atoms with Crippen LogP contribution in [-0.4, -0.2) is 24.7 Å². The molecule has 6 aliphatic rings. The summed E-state index contributed by atoms with van der Waals surface area (Å²) in [4.78, 5) is 0. The monoisotopic (exact) mass is 650 g/mol. The maximum atomic E-state index is 14.7. The van der Waals surface area contributed by atoms with Crippen LogP contribution in [0.15, 0.2) is 70.8 Å². The summed E-state index contributed by atoms with van der Waals surface area (Å²) >= 11 is 0. The molecule has 0 unspecified atom stereocenters. The quantitative estimate of drug-likeness (QED) is 0.129. The van der Waals surface area contributed by atoms with E-state index in [1.165, 1.54) is 24.3 Å². The van der Waals surface area contributed by atoms with Crippen molar-refractivity contribution in [3.05, 3.63) is 126 Å². The van der Waals surface area contributed by atoms with Crippen LogP contribution in [0.4, 0.5) is 52.7 Å². The first-order valence-corrected chi connectivity index (χ1v) is 13.5. The molecule has 0 radical (unpaired) electrons. The van der Waals surface area contributed by atoms with Crippen molar-refractivity contribution in [2.24, 2.45) is 0 Å². The molecule has 0 amide bonds. The lowest BCUT2D eigenvalue weighted by Crippen LogP contribution is -2.43. The Hall–Kier alpha value is -4.58. The fourth-order valence-corrected chi connectivity index (χ4v) is 8.12. The van der Waals surface area contributed by atoms with Crippen molar-refractivity contribution in [1.82, 2.24) is 0 Å². The van der Waals surface area contributed by atoms with E-state index >= 15 is 0 Å². The third kappa shape index (κ3) is 3.70. The zero-order valence-electron chi connectivity index (χ0n) is 22.6. The fraction of sp³-hybridized carbons (Fsp3) is 0.235. The van der Waals surface area contributed by atoms with E-state index in [1.54, 1.807) is 0 Å². The predicted molar refractivity (Wildman–Crippen MR) is 141 cm³/mol. The predicted octanol–water partition coefficient (Wildman–Crippen LogP) is 9.67. The standard InChI is InChI=1S/C34H14F12/c1-3-13-19-21(25-17-11-7-5-9-15(17)23(19)27(31(35,36)37)29(25)33(41,42)43)14(4-2)22-20(13)24-16-10-6-8-12-18(16)26(22)30(34(44,45)46)28(24)32(38,39)40/h1-2,5-12,23-26H/t23-,24-,25+,26+. The SMILES string of the molecule is C#Cc1c2c(c(C#C)c3c1[C@@H]1C(C(F)(F)F)=C(C(F)(F)F)[C@H]3c3ccccc31)[C@H]1C(C(F)(F)F)=C(C(F)(F)F)[C@@H]2c2ccccc21. The molecule has 0 aliphatic heterocycles. The maximum Gasteiger partial charge on any atom is 0.413 e. The number of benzene rings is 3. The maximum absolute atomic E-state index is 14.7. The molecule has 46 heavy (non-hydrogen) atoms. The Morgan fingerprint density at radius 3 is 0.739 bits per heavy atom. The van der Waals surface area contributed by atoms with Crippen LogP contribution in [0.3, 0.4) is 0 Å². The van der Waals surface area contributed by atoms with Crippen molar-refractivity contribution < 1.29 is 52.7 Å².